The number of halogens is 2. The molecule has 1 N–H and O–H groups in total. The van der Waals surface area contributed by atoms with Gasteiger partial charge < -0.3 is 9.52 Å². The standard InChI is InChI=1S/C9H4BrFO3/c10-4-1-5-6(9(12)13)3-14-8(5)7(11)2-4/h1-3H,(H,12,13). The predicted molar refractivity (Wildman–Crippen MR) is 50.8 cm³/mol. The molecule has 72 valence electrons. The van der Waals surface area contributed by atoms with Crippen molar-refractivity contribution < 1.29 is 18.7 Å². The van der Waals surface area contributed by atoms with Gasteiger partial charge in [0.05, 0.1) is 0 Å². The third-order valence-corrected chi connectivity index (χ3v) is 2.28. The predicted octanol–water partition coefficient (Wildman–Crippen LogP) is 3.03. The van der Waals surface area contributed by atoms with Crippen molar-refractivity contribution in [1.82, 2.24) is 0 Å². The van der Waals surface area contributed by atoms with Crippen LogP contribution in [0.4, 0.5) is 4.39 Å². The SMILES string of the molecule is O=C(O)c1coc2c(F)cc(Br)cc12. The molecule has 1 aromatic carbocycles. The summed E-state index contributed by atoms with van der Waals surface area (Å²) in [5.41, 5.74) is -0.0780. The summed E-state index contributed by atoms with van der Waals surface area (Å²) >= 11 is 3.08. The van der Waals surface area contributed by atoms with E-state index in [1.165, 1.54) is 12.1 Å². The average Bonchev–Trinajstić information content (AvgIpc) is 2.47. The van der Waals surface area contributed by atoms with Crippen LogP contribution in [0.1, 0.15) is 10.4 Å². The maximum Gasteiger partial charge on any atom is 0.339 e. The normalized spacial score (nSPS) is 10.7. The number of carboxylic acid groups (broad SMARTS) is 1. The lowest BCUT2D eigenvalue weighted by Gasteiger charge is -1.94. The van der Waals surface area contributed by atoms with Crippen molar-refractivity contribution >= 4 is 32.9 Å². The summed E-state index contributed by atoms with van der Waals surface area (Å²) in [6, 6.07) is 2.73. The number of aromatic carboxylic acids is 1. The number of furan rings is 1. The highest BCUT2D eigenvalue weighted by Crippen LogP contribution is 2.27. The Labute approximate surface area is 86.3 Å². The summed E-state index contributed by atoms with van der Waals surface area (Å²) < 4.78 is 18.5. The Morgan fingerprint density at radius 2 is 2.21 bits per heavy atom. The second kappa shape index (κ2) is 3.09. The Morgan fingerprint density at radius 1 is 1.50 bits per heavy atom. The van der Waals surface area contributed by atoms with Crippen LogP contribution in [-0.2, 0) is 0 Å². The minimum absolute atomic E-state index is 0.0365. The molecule has 14 heavy (non-hydrogen) atoms. The van der Waals surface area contributed by atoms with Crippen LogP contribution in [-0.4, -0.2) is 11.1 Å². The highest BCUT2D eigenvalue weighted by Gasteiger charge is 2.15. The largest absolute Gasteiger partial charge is 0.478 e. The van der Waals surface area contributed by atoms with Gasteiger partial charge in [0.2, 0.25) is 0 Å². The molecule has 0 saturated carbocycles. The average molecular weight is 259 g/mol. The van der Waals surface area contributed by atoms with E-state index in [-0.39, 0.29) is 16.5 Å². The van der Waals surface area contributed by atoms with Crippen LogP contribution in [0.25, 0.3) is 11.0 Å². The molecule has 0 aliphatic heterocycles. The van der Waals surface area contributed by atoms with Gasteiger partial charge in [0.1, 0.15) is 11.8 Å². The van der Waals surface area contributed by atoms with Crippen molar-refractivity contribution in [1.29, 1.82) is 0 Å². The Kier molecular flexibility index (Phi) is 2.03. The van der Waals surface area contributed by atoms with Crippen molar-refractivity contribution in [2.45, 2.75) is 0 Å². The Balaban J connectivity index is 2.85. The molecule has 0 saturated heterocycles. The first-order valence-corrected chi connectivity index (χ1v) is 4.48. The third-order valence-electron chi connectivity index (χ3n) is 1.82. The highest BCUT2D eigenvalue weighted by molar-refractivity contribution is 9.10. The van der Waals surface area contributed by atoms with Crippen LogP contribution in [0.5, 0.6) is 0 Å². The smallest absolute Gasteiger partial charge is 0.339 e. The fourth-order valence-corrected chi connectivity index (χ4v) is 1.66. The molecule has 5 heteroatoms. The van der Waals surface area contributed by atoms with Gasteiger partial charge in [-0.25, -0.2) is 9.18 Å². The maximum absolute atomic E-state index is 13.2. The zero-order chi connectivity index (χ0) is 10.3. The summed E-state index contributed by atoms with van der Waals surface area (Å²) in [6.07, 6.45) is 1.03. The van der Waals surface area contributed by atoms with E-state index in [2.05, 4.69) is 15.9 Å². The first-order chi connectivity index (χ1) is 6.59. The first-order valence-electron chi connectivity index (χ1n) is 3.69. The van der Waals surface area contributed by atoms with Crippen LogP contribution in [0.2, 0.25) is 0 Å². The quantitative estimate of drug-likeness (QED) is 0.856. The number of hydrogen-bond acceptors (Lipinski definition) is 2. The zero-order valence-corrected chi connectivity index (χ0v) is 8.34. The van der Waals surface area contributed by atoms with E-state index in [0.717, 1.165) is 6.26 Å². The van der Waals surface area contributed by atoms with Crippen LogP contribution in [0, 0.1) is 5.82 Å². The Bertz CT molecular complexity index is 518. The number of carbonyl (C=O) groups is 1. The molecule has 2 aromatic rings. The van der Waals surface area contributed by atoms with Gasteiger partial charge in [0.15, 0.2) is 11.4 Å². The molecule has 0 unspecified atom stereocenters. The number of rotatable bonds is 1. The molecular formula is C9H4BrFO3. The van der Waals surface area contributed by atoms with Gasteiger partial charge in [-0.15, -0.1) is 0 Å². The second-order valence-corrected chi connectivity index (χ2v) is 3.63. The molecule has 0 amide bonds. The maximum atomic E-state index is 13.2. The summed E-state index contributed by atoms with van der Waals surface area (Å²) in [6.45, 7) is 0. The molecule has 0 aliphatic rings. The fraction of sp³-hybridized carbons (Fsp3) is 0. The van der Waals surface area contributed by atoms with Crippen LogP contribution in [0.15, 0.2) is 27.3 Å². The van der Waals surface area contributed by atoms with Gasteiger partial charge in [0, 0.05) is 9.86 Å². The van der Waals surface area contributed by atoms with Gasteiger partial charge in [0.25, 0.3) is 0 Å². The minimum atomic E-state index is -1.14. The number of carboxylic acids is 1. The molecule has 0 bridgehead atoms. The van der Waals surface area contributed by atoms with Gasteiger partial charge in [-0.05, 0) is 12.1 Å². The lowest BCUT2D eigenvalue weighted by atomic mass is 10.2. The van der Waals surface area contributed by atoms with E-state index in [1.54, 1.807) is 0 Å². The van der Waals surface area contributed by atoms with E-state index in [9.17, 15) is 9.18 Å². The van der Waals surface area contributed by atoms with Gasteiger partial charge in [-0.2, -0.15) is 0 Å². The van der Waals surface area contributed by atoms with E-state index in [4.69, 9.17) is 9.52 Å². The van der Waals surface area contributed by atoms with Crippen LogP contribution >= 0.6 is 15.9 Å². The van der Waals surface area contributed by atoms with Crippen molar-refractivity contribution in [3.8, 4) is 0 Å². The zero-order valence-electron chi connectivity index (χ0n) is 6.75. The van der Waals surface area contributed by atoms with E-state index in [1.807, 2.05) is 0 Å². The topological polar surface area (TPSA) is 50.4 Å². The van der Waals surface area contributed by atoms with Crippen molar-refractivity contribution in [3.05, 3.63) is 34.2 Å². The first kappa shape index (κ1) is 9.21. The second-order valence-electron chi connectivity index (χ2n) is 2.72. The van der Waals surface area contributed by atoms with Crippen molar-refractivity contribution in [2.75, 3.05) is 0 Å². The molecule has 3 nitrogen and oxygen atoms in total. The summed E-state index contributed by atoms with van der Waals surface area (Å²) in [5, 5.41) is 9.01. The Hall–Kier alpha value is -1.36. The summed E-state index contributed by atoms with van der Waals surface area (Å²) in [7, 11) is 0. The molecule has 0 spiro atoms. The highest BCUT2D eigenvalue weighted by atomic mass is 79.9. The van der Waals surface area contributed by atoms with E-state index < -0.39 is 11.8 Å². The molecule has 0 radical (unpaired) electrons. The van der Waals surface area contributed by atoms with E-state index in [0.29, 0.717) is 4.47 Å². The number of benzene rings is 1. The van der Waals surface area contributed by atoms with Gasteiger partial charge in [-0.3, -0.25) is 0 Å². The molecular weight excluding hydrogens is 255 g/mol. The molecule has 1 aromatic heterocycles. The molecule has 0 aliphatic carbocycles. The minimum Gasteiger partial charge on any atom is -0.478 e. The fourth-order valence-electron chi connectivity index (χ4n) is 1.23. The number of hydrogen-bond donors (Lipinski definition) is 1. The number of fused-ring (bicyclic) bond motifs is 1. The van der Waals surface area contributed by atoms with E-state index >= 15 is 0 Å². The lowest BCUT2D eigenvalue weighted by Crippen LogP contribution is -1.93. The molecule has 0 atom stereocenters. The molecule has 1 heterocycles. The van der Waals surface area contributed by atoms with Crippen molar-refractivity contribution in [3.63, 3.8) is 0 Å². The summed E-state index contributed by atoms with van der Waals surface area (Å²) in [4.78, 5) is 10.7. The van der Waals surface area contributed by atoms with Crippen LogP contribution in [0.3, 0.4) is 0 Å². The van der Waals surface area contributed by atoms with Gasteiger partial charge >= 0.3 is 5.97 Å². The summed E-state index contributed by atoms with van der Waals surface area (Å²) in [5.74, 6) is -1.72. The van der Waals surface area contributed by atoms with Gasteiger partial charge in [-0.1, -0.05) is 15.9 Å². The lowest BCUT2D eigenvalue weighted by molar-refractivity contribution is 0.0698. The van der Waals surface area contributed by atoms with Crippen LogP contribution < -0.4 is 0 Å². The monoisotopic (exact) mass is 258 g/mol. The van der Waals surface area contributed by atoms with Crippen molar-refractivity contribution in [2.24, 2.45) is 0 Å². The molecule has 0 fully saturated rings. The third kappa shape index (κ3) is 1.29. The Morgan fingerprint density at radius 3 is 2.86 bits per heavy atom. The molecule has 2 rings (SSSR count).